The van der Waals surface area contributed by atoms with Crippen molar-refractivity contribution in [1.29, 1.82) is 0 Å². The molecule has 1 amide bonds. The Labute approximate surface area is 162 Å². The molecule has 8 nitrogen and oxygen atoms in total. The zero-order valence-electron chi connectivity index (χ0n) is 15.6. The number of hydrogen-bond acceptors (Lipinski definition) is 7. The Morgan fingerprint density at radius 3 is 2.57 bits per heavy atom. The molecule has 0 spiro atoms. The van der Waals surface area contributed by atoms with Gasteiger partial charge in [0, 0.05) is 0 Å². The van der Waals surface area contributed by atoms with Gasteiger partial charge in [-0.15, -0.1) is 0 Å². The molecular formula is C20H21NO7. The van der Waals surface area contributed by atoms with E-state index in [1.165, 1.54) is 26.4 Å². The lowest BCUT2D eigenvalue weighted by Gasteiger charge is -2.26. The number of nitrogens with one attached hydrogen (secondary N) is 1. The normalized spacial score (nSPS) is 14.7. The summed E-state index contributed by atoms with van der Waals surface area (Å²) in [6, 6.07) is 11.9. The smallest absolute Gasteiger partial charge is 0.338 e. The molecule has 0 radical (unpaired) electrons. The van der Waals surface area contributed by atoms with E-state index >= 15 is 0 Å². The van der Waals surface area contributed by atoms with Crippen LogP contribution in [0.25, 0.3) is 0 Å². The van der Waals surface area contributed by atoms with Gasteiger partial charge in [0.1, 0.15) is 12.7 Å². The van der Waals surface area contributed by atoms with E-state index < -0.39 is 18.5 Å². The highest BCUT2D eigenvalue weighted by molar-refractivity contribution is 5.92. The van der Waals surface area contributed by atoms with E-state index in [1.807, 2.05) is 18.2 Å². The minimum atomic E-state index is -0.637. The summed E-state index contributed by atoms with van der Waals surface area (Å²) in [6.07, 6.45) is -0.319. The second kappa shape index (κ2) is 8.98. The molecule has 0 bridgehead atoms. The molecule has 1 aliphatic heterocycles. The zero-order valence-corrected chi connectivity index (χ0v) is 15.6. The Kier molecular flexibility index (Phi) is 6.21. The average Bonchev–Trinajstić information content (AvgIpc) is 2.75. The molecule has 1 aliphatic rings. The molecule has 1 N–H and O–H groups in total. The SMILES string of the molecule is COc1ccc(C(=O)OCC(=O)NCC2COc3ccccc3O2)cc1OC. The molecule has 28 heavy (non-hydrogen) atoms. The lowest BCUT2D eigenvalue weighted by molar-refractivity contribution is -0.124. The number of carbonyl (C=O) groups excluding carboxylic acids is 2. The highest BCUT2D eigenvalue weighted by Gasteiger charge is 2.21. The van der Waals surface area contributed by atoms with E-state index in [9.17, 15) is 9.59 Å². The molecule has 2 aromatic carbocycles. The number of hydrogen-bond donors (Lipinski definition) is 1. The Hall–Kier alpha value is -3.42. The molecule has 148 valence electrons. The number of carbonyl (C=O) groups is 2. The first-order valence-corrected chi connectivity index (χ1v) is 8.65. The van der Waals surface area contributed by atoms with E-state index in [2.05, 4.69) is 5.32 Å². The predicted octanol–water partition coefficient (Wildman–Crippen LogP) is 1.82. The summed E-state index contributed by atoms with van der Waals surface area (Å²) in [5, 5.41) is 2.66. The first kappa shape index (κ1) is 19.3. The van der Waals surface area contributed by atoms with Crippen LogP contribution in [-0.4, -0.2) is 52.0 Å². The quantitative estimate of drug-likeness (QED) is 0.725. The third kappa shape index (κ3) is 4.64. The topological polar surface area (TPSA) is 92.3 Å². The van der Waals surface area contributed by atoms with E-state index in [0.717, 1.165) is 0 Å². The maximum atomic E-state index is 12.1. The molecule has 2 aromatic rings. The van der Waals surface area contributed by atoms with Crippen molar-refractivity contribution in [3.8, 4) is 23.0 Å². The summed E-state index contributed by atoms with van der Waals surface area (Å²) < 4.78 is 26.6. The Bertz CT molecular complexity index is 852. The van der Waals surface area contributed by atoms with Crippen LogP contribution in [0.15, 0.2) is 42.5 Å². The molecule has 0 aliphatic carbocycles. The van der Waals surface area contributed by atoms with E-state index in [4.69, 9.17) is 23.7 Å². The second-order valence-corrected chi connectivity index (χ2v) is 5.95. The molecule has 0 fully saturated rings. The Balaban J connectivity index is 1.45. The molecule has 8 heteroatoms. The zero-order chi connectivity index (χ0) is 19.9. The van der Waals surface area contributed by atoms with Gasteiger partial charge in [-0.05, 0) is 30.3 Å². The van der Waals surface area contributed by atoms with Crippen LogP contribution in [0, 0.1) is 0 Å². The number of amides is 1. The van der Waals surface area contributed by atoms with Crippen LogP contribution in [0.2, 0.25) is 0 Å². The fourth-order valence-corrected chi connectivity index (χ4v) is 2.62. The van der Waals surface area contributed by atoms with Crippen LogP contribution in [0.5, 0.6) is 23.0 Å². The van der Waals surface area contributed by atoms with Crippen LogP contribution in [0.1, 0.15) is 10.4 Å². The molecule has 3 rings (SSSR count). The van der Waals surface area contributed by atoms with Gasteiger partial charge in [0.2, 0.25) is 0 Å². The van der Waals surface area contributed by atoms with Crippen LogP contribution in [0.3, 0.4) is 0 Å². The van der Waals surface area contributed by atoms with Gasteiger partial charge < -0.3 is 29.0 Å². The highest BCUT2D eigenvalue weighted by Crippen LogP contribution is 2.30. The van der Waals surface area contributed by atoms with Crippen LogP contribution >= 0.6 is 0 Å². The summed E-state index contributed by atoms with van der Waals surface area (Å²) >= 11 is 0. The van der Waals surface area contributed by atoms with Gasteiger partial charge in [-0.25, -0.2) is 4.79 Å². The Morgan fingerprint density at radius 2 is 1.82 bits per heavy atom. The maximum Gasteiger partial charge on any atom is 0.338 e. The monoisotopic (exact) mass is 387 g/mol. The first-order valence-electron chi connectivity index (χ1n) is 8.65. The molecule has 1 unspecified atom stereocenters. The van der Waals surface area contributed by atoms with E-state index in [-0.39, 0.29) is 18.2 Å². The lowest BCUT2D eigenvalue weighted by Crippen LogP contribution is -2.42. The van der Waals surface area contributed by atoms with Crippen molar-refractivity contribution >= 4 is 11.9 Å². The summed E-state index contributed by atoms with van der Waals surface area (Å²) in [5.41, 5.74) is 0.256. The number of methoxy groups -OCH3 is 2. The third-order valence-electron chi connectivity index (χ3n) is 4.05. The number of para-hydroxylation sites is 2. The fourth-order valence-electron chi connectivity index (χ4n) is 2.62. The maximum absolute atomic E-state index is 12.1. The van der Waals surface area contributed by atoms with Crippen molar-refractivity contribution in [2.45, 2.75) is 6.10 Å². The van der Waals surface area contributed by atoms with Crippen LogP contribution in [0.4, 0.5) is 0 Å². The van der Waals surface area contributed by atoms with Gasteiger partial charge >= 0.3 is 5.97 Å². The van der Waals surface area contributed by atoms with Gasteiger partial charge in [-0.3, -0.25) is 4.79 Å². The van der Waals surface area contributed by atoms with Gasteiger partial charge in [0.05, 0.1) is 26.3 Å². The minimum absolute atomic E-state index is 0.237. The largest absolute Gasteiger partial charge is 0.493 e. The van der Waals surface area contributed by atoms with Gasteiger partial charge in [0.25, 0.3) is 5.91 Å². The third-order valence-corrected chi connectivity index (χ3v) is 4.05. The molecule has 0 saturated heterocycles. The molecule has 0 aromatic heterocycles. The van der Waals surface area contributed by atoms with Crippen molar-refractivity contribution in [2.24, 2.45) is 0 Å². The fraction of sp³-hybridized carbons (Fsp3) is 0.300. The number of esters is 1. The van der Waals surface area contributed by atoms with Gasteiger partial charge in [0.15, 0.2) is 29.6 Å². The summed E-state index contributed by atoms with van der Waals surface area (Å²) in [4.78, 5) is 24.1. The Morgan fingerprint density at radius 1 is 1.07 bits per heavy atom. The summed E-state index contributed by atoms with van der Waals surface area (Å²) in [5.74, 6) is 1.13. The average molecular weight is 387 g/mol. The van der Waals surface area contributed by atoms with Crippen LogP contribution < -0.4 is 24.3 Å². The van der Waals surface area contributed by atoms with Crippen molar-refractivity contribution in [3.05, 3.63) is 48.0 Å². The molecular weight excluding hydrogens is 366 g/mol. The number of fused-ring (bicyclic) bond motifs is 1. The van der Waals surface area contributed by atoms with Crippen molar-refractivity contribution in [2.75, 3.05) is 34.0 Å². The van der Waals surface area contributed by atoms with Crippen molar-refractivity contribution in [3.63, 3.8) is 0 Å². The van der Waals surface area contributed by atoms with Crippen LogP contribution in [-0.2, 0) is 9.53 Å². The van der Waals surface area contributed by atoms with Gasteiger partial charge in [-0.1, -0.05) is 12.1 Å². The first-order chi connectivity index (χ1) is 13.6. The van der Waals surface area contributed by atoms with E-state index in [0.29, 0.717) is 29.6 Å². The summed E-state index contributed by atoms with van der Waals surface area (Å²) in [7, 11) is 2.97. The summed E-state index contributed by atoms with van der Waals surface area (Å²) in [6.45, 7) is 0.154. The number of ether oxygens (including phenoxy) is 5. The number of rotatable bonds is 7. The molecule has 1 heterocycles. The molecule has 0 saturated carbocycles. The minimum Gasteiger partial charge on any atom is -0.493 e. The predicted molar refractivity (Wildman–Crippen MR) is 99.2 cm³/mol. The number of benzene rings is 2. The second-order valence-electron chi connectivity index (χ2n) is 5.95. The van der Waals surface area contributed by atoms with Gasteiger partial charge in [-0.2, -0.15) is 0 Å². The van der Waals surface area contributed by atoms with Crippen molar-refractivity contribution < 1.29 is 33.3 Å². The molecule has 1 atom stereocenters. The highest BCUT2D eigenvalue weighted by atomic mass is 16.6. The lowest BCUT2D eigenvalue weighted by atomic mass is 10.2. The van der Waals surface area contributed by atoms with E-state index in [1.54, 1.807) is 12.1 Å². The standard InChI is InChI=1S/C20H21NO7/c1-24-15-8-7-13(9-18(15)25-2)20(23)27-12-19(22)21-10-14-11-26-16-5-3-4-6-17(16)28-14/h3-9,14H,10-12H2,1-2H3,(H,21,22). The van der Waals surface area contributed by atoms with Crippen molar-refractivity contribution in [1.82, 2.24) is 5.32 Å².